The molecule has 0 aliphatic carbocycles. The first-order valence-electron chi connectivity index (χ1n) is 8.61. The number of hydrogen-bond acceptors (Lipinski definition) is 2. The fraction of sp³-hybridized carbons (Fsp3) is 0.0435. The Balaban J connectivity index is 1.53. The summed E-state index contributed by atoms with van der Waals surface area (Å²) in [4.78, 5) is 3.21. The van der Waals surface area contributed by atoms with Gasteiger partial charge in [0.05, 0.1) is 11.9 Å². The quantitative estimate of drug-likeness (QED) is 0.368. The molecule has 26 heavy (non-hydrogen) atoms. The molecule has 0 aliphatic heterocycles. The van der Waals surface area contributed by atoms with Crippen molar-refractivity contribution >= 4 is 22.8 Å². The maximum Gasteiger partial charge on any atom is 0.0671 e. The molecule has 1 heterocycles. The second kappa shape index (κ2) is 7.19. The predicted octanol–water partition coefficient (Wildman–Crippen LogP) is 5.68. The number of nitrogens with one attached hydrogen (secondary N) is 1. The van der Waals surface area contributed by atoms with Gasteiger partial charge in [0.25, 0.3) is 0 Å². The van der Waals surface area contributed by atoms with Crippen molar-refractivity contribution in [3.63, 3.8) is 0 Å². The Morgan fingerprint density at radius 1 is 0.808 bits per heavy atom. The first kappa shape index (κ1) is 16.0. The Kier molecular flexibility index (Phi) is 4.44. The van der Waals surface area contributed by atoms with Crippen LogP contribution in [0.15, 0.2) is 95.3 Å². The van der Waals surface area contributed by atoms with Gasteiger partial charge in [-0.3, -0.25) is 0 Å². The SMILES string of the molecule is C/C(=N\N=C\c1cccc2[nH]ccc12)c1ccc(-c2ccccc2)cc1. The Morgan fingerprint density at radius 3 is 2.38 bits per heavy atom. The van der Waals surface area contributed by atoms with E-state index in [0.717, 1.165) is 27.7 Å². The third kappa shape index (κ3) is 3.33. The summed E-state index contributed by atoms with van der Waals surface area (Å²) in [6.07, 6.45) is 3.74. The summed E-state index contributed by atoms with van der Waals surface area (Å²) in [5, 5.41) is 9.79. The van der Waals surface area contributed by atoms with Gasteiger partial charge in [0.2, 0.25) is 0 Å². The van der Waals surface area contributed by atoms with Crippen LogP contribution in [0, 0.1) is 0 Å². The normalized spacial score (nSPS) is 12.1. The summed E-state index contributed by atoms with van der Waals surface area (Å²) in [5.74, 6) is 0. The van der Waals surface area contributed by atoms with Crippen molar-refractivity contribution in [3.8, 4) is 11.1 Å². The number of rotatable bonds is 4. The molecular weight excluding hydrogens is 318 g/mol. The zero-order valence-corrected chi connectivity index (χ0v) is 14.6. The van der Waals surface area contributed by atoms with Gasteiger partial charge in [0.1, 0.15) is 0 Å². The van der Waals surface area contributed by atoms with Crippen LogP contribution < -0.4 is 0 Å². The molecule has 0 fully saturated rings. The molecule has 4 rings (SSSR count). The largest absolute Gasteiger partial charge is 0.361 e. The van der Waals surface area contributed by atoms with Gasteiger partial charge in [-0.2, -0.15) is 10.2 Å². The molecule has 0 atom stereocenters. The van der Waals surface area contributed by atoms with Crippen LogP contribution in [0.25, 0.3) is 22.0 Å². The van der Waals surface area contributed by atoms with Crippen LogP contribution in [-0.2, 0) is 0 Å². The van der Waals surface area contributed by atoms with E-state index in [2.05, 4.69) is 75.9 Å². The van der Waals surface area contributed by atoms with Crippen LogP contribution in [0.3, 0.4) is 0 Å². The average molecular weight is 337 g/mol. The van der Waals surface area contributed by atoms with Gasteiger partial charge >= 0.3 is 0 Å². The van der Waals surface area contributed by atoms with Gasteiger partial charge in [0.15, 0.2) is 0 Å². The number of fused-ring (bicyclic) bond motifs is 1. The zero-order valence-electron chi connectivity index (χ0n) is 14.6. The first-order chi connectivity index (χ1) is 12.8. The molecule has 0 amide bonds. The van der Waals surface area contributed by atoms with E-state index in [9.17, 15) is 0 Å². The van der Waals surface area contributed by atoms with E-state index >= 15 is 0 Å². The second-order valence-corrected chi connectivity index (χ2v) is 6.16. The first-order valence-corrected chi connectivity index (χ1v) is 8.61. The number of benzene rings is 3. The van der Waals surface area contributed by atoms with Crippen molar-refractivity contribution in [2.24, 2.45) is 10.2 Å². The molecule has 0 aliphatic rings. The highest BCUT2D eigenvalue weighted by atomic mass is 15.2. The summed E-state index contributed by atoms with van der Waals surface area (Å²) in [6.45, 7) is 1.98. The molecule has 3 aromatic carbocycles. The highest BCUT2D eigenvalue weighted by Gasteiger charge is 2.01. The Bertz CT molecular complexity index is 1070. The lowest BCUT2D eigenvalue weighted by Gasteiger charge is -2.03. The van der Waals surface area contributed by atoms with Crippen molar-refractivity contribution < 1.29 is 0 Å². The fourth-order valence-electron chi connectivity index (χ4n) is 2.99. The van der Waals surface area contributed by atoms with Crippen molar-refractivity contribution in [3.05, 3.63) is 96.2 Å². The number of aromatic nitrogens is 1. The standard InChI is InChI=1S/C23H19N3/c1-17(18-10-12-20(13-11-18)19-6-3-2-4-7-19)26-25-16-21-8-5-9-23-22(21)14-15-24-23/h2-16,24H,1H3/b25-16+,26-17+. The molecule has 0 saturated carbocycles. The van der Waals surface area contributed by atoms with Gasteiger partial charge in [-0.15, -0.1) is 0 Å². The fourth-order valence-corrected chi connectivity index (χ4v) is 2.99. The lowest BCUT2D eigenvalue weighted by molar-refractivity contribution is 1.24. The minimum atomic E-state index is 0.891. The van der Waals surface area contributed by atoms with Gasteiger partial charge in [-0.1, -0.05) is 66.7 Å². The maximum absolute atomic E-state index is 4.36. The van der Waals surface area contributed by atoms with Crippen LogP contribution in [0.5, 0.6) is 0 Å². The number of H-pyrrole nitrogens is 1. The number of hydrogen-bond donors (Lipinski definition) is 1. The van der Waals surface area contributed by atoms with E-state index in [-0.39, 0.29) is 0 Å². The Labute approximate surface area is 152 Å². The molecule has 0 saturated heterocycles. The molecule has 0 spiro atoms. The van der Waals surface area contributed by atoms with Crippen molar-refractivity contribution in [1.82, 2.24) is 4.98 Å². The van der Waals surface area contributed by atoms with E-state index < -0.39 is 0 Å². The summed E-state index contributed by atoms with van der Waals surface area (Å²) in [7, 11) is 0. The van der Waals surface area contributed by atoms with Crippen molar-refractivity contribution in [1.29, 1.82) is 0 Å². The van der Waals surface area contributed by atoms with Gasteiger partial charge in [-0.05, 0) is 35.7 Å². The number of nitrogens with zero attached hydrogens (tertiary/aromatic N) is 2. The lowest BCUT2D eigenvalue weighted by Crippen LogP contribution is -1.93. The molecular formula is C23H19N3. The third-order valence-corrected chi connectivity index (χ3v) is 4.44. The molecule has 3 nitrogen and oxygen atoms in total. The molecule has 3 heteroatoms. The average Bonchev–Trinajstić information content (AvgIpc) is 3.18. The maximum atomic E-state index is 4.36. The summed E-state index contributed by atoms with van der Waals surface area (Å²) < 4.78 is 0. The van der Waals surface area contributed by atoms with Crippen LogP contribution in [0.2, 0.25) is 0 Å². The monoisotopic (exact) mass is 337 g/mol. The Hall–Kier alpha value is -3.46. The van der Waals surface area contributed by atoms with Gasteiger partial charge in [0, 0.05) is 22.7 Å². The minimum absolute atomic E-state index is 0.891. The van der Waals surface area contributed by atoms with Crippen molar-refractivity contribution in [2.75, 3.05) is 0 Å². The van der Waals surface area contributed by atoms with Crippen molar-refractivity contribution in [2.45, 2.75) is 6.92 Å². The molecule has 0 unspecified atom stereocenters. The topological polar surface area (TPSA) is 40.5 Å². The highest BCUT2D eigenvalue weighted by Crippen LogP contribution is 2.19. The summed E-state index contributed by atoms with van der Waals surface area (Å²) in [5.41, 5.74) is 6.53. The van der Waals surface area contributed by atoms with E-state index in [1.165, 1.54) is 11.1 Å². The molecule has 0 radical (unpaired) electrons. The Morgan fingerprint density at radius 2 is 1.58 bits per heavy atom. The minimum Gasteiger partial charge on any atom is -0.361 e. The number of aromatic amines is 1. The van der Waals surface area contributed by atoms with E-state index in [0.29, 0.717) is 0 Å². The zero-order chi connectivity index (χ0) is 17.8. The van der Waals surface area contributed by atoms with Crippen LogP contribution in [0.1, 0.15) is 18.1 Å². The summed E-state index contributed by atoms with van der Waals surface area (Å²) in [6, 6.07) is 26.9. The van der Waals surface area contributed by atoms with Gasteiger partial charge in [-0.25, -0.2) is 0 Å². The van der Waals surface area contributed by atoms with E-state index in [1.54, 1.807) is 6.21 Å². The van der Waals surface area contributed by atoms with Crippen LogP contribution in [-0.4, -0.2) is 16.9 Å². The molecule has 126 valence electrons. The molecule has 4 aromatic rings. The predicted molar refractivity (Wildman–Crippen MR) is 110 cm³/mol. The molecule has 1 aromatic heterocycles. The molecule has 1 N–H and O–H groups in total. The van der Waals surface area contributed by atoms with Crippen LogP contribution >= 0.6 is 0 Å². The molecule has 0 bridgehead atoms. The lowest BCUT2D eigenvalue weighted by atomic mass is 10.0. The van der Waals surface area contributed by atoms with Gasteiger partial charge < -0.3 is 4.98 Å². The second-order valence-electron chi connectivity index (χ2n) is 6.16. The van der Waals surface area contributed by atoms with E-state index in [4.69, 9.17) is 0 Å². The van der Waals surface area contributed by atoms with Crippen LogP contribution in [0.4, 0.5) is 0 Å². The highest BCUT2D eigenvalue weighted by molar-refractivity contribution is 6.01. The summed E-state index contributed by atoms with van der Waals surface area (Å²) >= 11 is 0. The smallest absolute Gasteiger partial charge is 0.0671 e. The van der Waals surface area contributed by atoms with E-state index in [1.807, 2.05) is 31.3 Å². The third-order valence-electron chi connectivity index (χ3n) is 4.44.